The molecule has 0 saturated carbocycles. The van der Waals surface area contributed by atoms with Crippen molar-refractivity contribution in [3.8, 4) is 28.4 Å². The smallest absolute Gasteiger partial charge is 0.199 e. The molecule has 0 amide bonds. The number of para-hydroxylation sites is 1. The zero-order valence-electron chi connectivity index (χ0n) is 27.0. The number of fused-ring (bicyclic) bond motifs is 3. The zero-order chi connectivity index (χ0) is 32.7. The fourth-order valence-corrected chi connectivity index (χ4v) is 6.83. The molecule has 0 spiro atoms. The normalized spacial score (nSPS) is 12.5. The van der Waals surface area contributed by atoms with Gasteiger partial charge in [-0.2, -0.15) is 60.1 Å². The summed E-state index contributed by atoms with van der Waals surface area (Å²) >= 11 is 0. The van der Waals surface area contributed by atoms with Crippen molar-refractivity contribution < 1.29 is 25.6 Å². The maximum absolute atomic E-state index is 6.31. The standard InChI is InChI=1S/C42H29BN5O.Pt/c1-46-25-26-47(29-46)34-18-12-17-32(27-34)43(40-41(30-13-4-2-5-14-30)45-49-42(40)31-15-6-3-7-16-31)33-22-23-36-35-19-8-9-20-37(35)48(38(36)28-33)39-21-10-11-24-44-39;/h2-26,29H,1H3;/q-3;. The molecular formula is C42H29BN5OPt-3. The molecule has 0 radical (unpaired) electrons. The van der Waals surface area contributed by atoms with Crippen LogP contribution in [-0.2, 0) is 21.1 Å². The van der Waals surface area contributed by atoms with Crippen LogP contribution in [-0.4, -0.2) is 33.4 Å². The summed E-state index contributed by atoms with van der Waals surface area (Å²) in [6, 6.07) is 53.3. The van der Waals surface area contributed by atoms with Gasteiger partial charge in [0.15, 0.2) is 12.5 Å². The van der Waals surface area contributed by atoms with Crippen molar-refractivity contribution in [2.75, 3.05) is 11.9 Å². The van der Waals surface area contributed by atoms with E-state index in [1.165, 1.54) is 0 Å². The number of aromatic nitrogens is 3. The Hall–Kier alpha value is -5.65. The number of nitrogens with zero attached hydrogens (tertiary/aromatic N) is 5. The molecule has 8 aromatic rings. The molecule has 9 rings (SSSR count). The Morgan fingerprint density at radius 1 is 0.680 bits per heavy atom. The Bertz CT molecular complexity index is 2400. The van der Waals surface area contributed by atoms with Gasteiger partial charge < -0.3 is 18.9 Å². The Morgan fingerprint density at radius 3 is 2.18 bits per heavy atom. The van der Waals surface area contributed by atoms with Gasteiger partial charge in [0.25, 0.3) is 0 Å². The number of pyridine rings is 1. The number of anilines is 1. The van der Waals surface area contributed by atoms with Crippen LogP contribution in [0.3, 0.4) is 0 Å². The third-order valence-electron chi connectivity index (χ3n) is 9.06. The molecule has 8 heteroatoms. The van der Waals surface area contributed by atoms with E-state index in [2.05, 4.69) is 100 Å². The monoisotopic (exact) mass is 825 g/mol. The van der Waals surface area contributed by atoms with E-state index in [-0.39, 0.29) is 27.8 Å². The second kappa shape index (κ2) is 13.3. The summed E-state index contributed by atoms with van der Waals surface area (Å²) < 4.78 is 8.51. The van der Waals surface area contributed by atoms with Gasteiger partial charge in [0.2, 0.25) is 0 Å². The Morgan fingerprint density at radius 2 is 1.42 bits per heavy atom. The molecule has 0 aliphatic carbocycles. The van der Waals surface area contributed by atoms with Crippen LogP contribution in [0.15, 0.2) is 157 Å². The summed E-state index contributed by atoms with van der Waals surface area (Å²) in [7, 11) is 2.02. The second-order valence-corrected chi connectivity index (χ2v) is 12.1. The summed E-state index contributed by atoms with van der Waals surface area (Å²) in [5.74, 6) is 1.56. The van der Waals surface area contributed by atoms with Crippen LogP contribution < -0.4 is 21.3 Å². The van der Waals surface area contributed by atoms with Crippen LogP contribution in [0.25, 0.3) is 50.2 Å². The van der Waals surface area contributed by atoms with Gasteiger partial charge in [-0.3, -0.25) is 0 Å². The van der Waals surface area contributed by atoms with Gasteiger partial charge in [0, 0.05) is 49.4 Å². The van der Waals surface area contributed by atoms with Crippen molar-refractivity contribution in [3.05, 3.63) is 171 Å². The number of hydrogen-bond acceptors (Lipinski definition) is 5. The Balaban J connectivity index is 0.00000361. The van der Waals surface area contributed by atoms with Crippen LogP contribution in [0.5, 0.6) is 0 Å². The average Bonchev–Trinajstić information content (AvgIpc) is 3.89. The molecule has 4 heterocycles. The van der Waals surface area contributed by atoms with Crippen molar-refractivity contribution in [1.29, 1.82) is 0 Å². The molecule has 1 aliphatic rings. The molecule has 0 bridgehead atoms. The summed E-state index contributed by atoms with van der Waals surface area (Å²) in [5, 5.41) is 7.01. The first-order chi connectivity index (χ1) is 24.2. The predicted molar refractivity (Wildman–Crippen MR) is 198 cm³/mol. The molecular weight excluding hydrogens is 796 g/mol. The van der Waals surface area contributed by atoms with Gasteiger partial charge in [-0.05, 0) is 43.0 Å². The van der Waals surface area contributed by atoms with E-state index in [4.69, 9.17) is 14.7 Å². The van der Waals surface area contributed by atoms with Gasteiger partial charge in [0.05, 0.1) is 0 Å². The molecule has 1 aliphatic heterocycles. The van der Waals surface area contributed by atoms with Gasteiger partial charge in [-0.15, -0.1) is 11.1 Å². The number of hydrogen-bond donors (Lipinski definition) is 0. The summed E-state index contributed by atoms with van der Waals surface area (Å²) in [6.07, 6.45) is 5.90. The van der Waals surface area contributed by atoms with Crippen LogP contribution in [0.1, 0.15) is 0 Å². The minimum absolute atomic E-state index is 0. The molecule has 0 unspecified atom stereocenters. The Labute approximate surface area is 305 Å². The van der Waals surface area contributed by atoms with E-state index in [9.17, 15) is 0 Å². The minimum Gasteiger partial charge on any atom is -0.510 e. The third kappa shape index (κ3) is 5.54. The van der Waals surface area contributed by atoms with E-state index < -0.39 is 0 Å². The molecule has 3 aromatic heterocycles. The fourth-order valence-electron chi connectivity index (χ4n) is 6.83. The van der Waals surface area contributed by atoms with Crippen LogP contribution in [0, 0.1) is 18.8 Å². The topological polar surface area (TPSA) is 50.3 Å². The van der Waals surface area contributed by atoms with E-state index in [0.29, 0.717) is 0 Å². The first-order valence-electron chi connectivity index (χ1n) is 16.3. The van der Waals surface area contributed by atoms with Gasteiger partial charge in [0.1, 0.15) is 11.5 Å². The summed E-state index contributed by atoms with van der Waals surface area (Å²) in [4.78, 5) is 8.87. The van der Waals surface area contributed by atoms with Gasteiger partial charge in [-0.25, -0.2) is 4.98 Å². The number of benzene rings is 5. The van der Waals surface area contributed by atoms with Gasteiger partial charge >= 0.3 is 0 Å². The molecule has 0 saturated heterocycles. The van der Waals surface area contributed by atoms with Crippen LogP contribution in [0.2, 0.25) is 0 Å². The summed E-state index contributed by atoms with van der Waals surface area (Å²) in [6.45, 7) is 1.71. The predicted octanol–water partition coefficient (Wildman–Crippen LogP) is 6.96. The first kappa shape index (κ1) is 31.6. The quantitative estimate of drug-likeness (QED) is 0.129. The molecule has 0 N–H and O–H groups in total. The zero-order valence-corrected chi connectivity index (χ0v) is 29.3. The van der Waals surface area contributed by atoms with Crippen molar-refractivity contribution in [3.63, 3.8) is 0 Å². The van der Waals surface area contributed by atoms with E-state index >= 15 is 0 Å². The van der Waals surface area contributed by atoms with Gasteiger partial charge in [-0.1, -0.05) is 95.6 Å². The van der Waals surface area contributed by atoms with E-state index in [1.54, 1.807) is 0 Å². The largest absolute Gasteiger partial charge is 0.510 e. The maximum Gasteiger partial charge on any atom is 0.199 e. The molecule has 5 aromatic carbocycles. The SMILES string of the molecule is CN1C=CN(c2[c-]c(B(c3[c-]c4c(cc3)c3ccccc3n4-c3ccccn3)c3c(-c4ccccc4)noc3-c3ccccc3)ccc2)[CH-]1.[Pt]. The van der Waals surface area contributed by atoms with Crippen molar-refractivity contribution in [2.45, 2.75) is 0 Å². The van der Waals surface area contributed by atoms with Crippen molar-refractivity contribution in [1.82, 2.24) is 19.6 Å². The third-order valence-corrected chi connectivity index (χ3v) is 9.06. The first-order valence-corrected chi connectivity index (χ1v) is 16.3. The Kier molecular flexibility index (Phi) is 8.43. The fraction of sp³-hybridized carbons (Fsp3) is 0.0238. The molecule has 0 fully saturated rings. The van der Waals surface area contributed by atoms with E-state index in [0.717, 1.165) is 72.3 Å². The average molecular weight is 826 g/mol. The molecule has 0 atom stereocenters. The van der Waals surface area contributed by atoms with Crippen LogP contribution in [0.4, 0.5) is 5.69 Å². The number of rotatable bonds is 7. The van der Waals surface area contributed by atoms with E-state index in [1.807, 2.05) is 91.8 Å². The second-order valence-electron chi connectivity index (χ2n) is 12.1. The molecule has 6 nitrogen and oxygen atoms in total. The van der Waals surface area contributed by atoms with Crippen LogP contribution >= 0.6 is 0 Å². The van der Waals surface area contributed by atoms with Crippen molar-refractivity contribution >= 4 is 50.6 Å². The minimum atomic E-state index is -0.333. The van der Waals surface area contributed by atoms with Crippen molar-refractivity contribution in [2.24, 2.45) is 0 Å². The molecule has 244 valence electrons. The molecule has 50 heavy (non-hydrogen) atoms. The maximum atomic E-state index is 6.31. The summed E-state index contributed by atoms with van der Waals surface area (Å²) in [5.41, 5.74) is 8.59.